The molecule has 1 fully saturated rings. The van der Waals surface area contributed by atoms with Gasteiger partial charge in [0, 0.05) is 13.3 Å². The molecule has 0 saturated heterocycles. The zero-order valence-electron chi connectivity index (χ0n) is 8.24. The van der Waals surface area contributed by atoms with Gasteiger partial charge in [0.25, 0.3) is 0 Å². The van der Waals surface area contributed by atoms with E-state index < -0.39 is 0 Å². The molecule has 1 saturated carbocycles. The van der Waals surface area contributed by atoms with Crippen molar-refractivity contribution in [2.45, 2.75) is 12.5 Å². The summed E-state index contributed by atoms with van der Waals surface area (Å²) < 4.78 is 5.86. The predicted molar refractivity (Wildman–Crippen MR) is 59.5 cm³/mol. The summed E-state index contributed by atoms with van der Waals surface area (Å²) in [6, 6.07) is 3.64. The summed E-state index contributed by atoms with van der Waals surface area (Å²) in [6.07, 6.45) is 2.51. The standard InChI is InChI=1S/C10H11BrN2O2/c1-15-8-5-6(8)10(14)13-9-7(11)3-2-4-12-9/h2-4,6,8H,5H2,1H3,(H,12,13,14). The lowest BCUT2D eigenvalue weighted by Gasteiger charge is -2.04. The van der Waals surface area contributed by atoms with Crippen LogP contribution in [-0.2, 0) is 9.53 Å². The highest BCUT2D eigenvalue weighted by atomic mass is 79.9. The normalized spacial score (nSPS) is 23.6. The summed E-state index contributed by atoms with van der Waals surface area (Å²) >= 11 is 3.32. The Hall–Kier alpha value is -0.940. The highest BCUT2D eigenvalue weighted by molar-refractivity contribution is 9.10. The van der Waals surface area contributed by atoms with E-state index in [4.69, 9.17) is 4.74 Å². The maximum atomic E-state index is 11.6. The molecule has 0 bridgehead atoms. The van der Waals surface area contributed by atoms with Gasteiger partial charge in [-0.15, -0.1) is 0 Å². The third-order valence-corrected chi connectivity index (χ3v) is 3.01. The van der Waals surface area contributed by atoms with E-state index in [1.165, 1.54) is 0 Å². The molecular formula is C10H11BrN2O2. The molecule has 0 aliphatic heterocycles. The van der Waals surface area contributed by atoms with Gasteiger partial charge >= 0.3 is 0 Å². The quantitative estimate of drug-likeness (QED) is 0.912. The summed E-state index contributed by atoms with van der Waals surface area (Å²) in [7, 11) is 1.62. The van der Waals surface area contributed by atoms with Gasteiger partial charge in [-0.2, -0.15) is 0 Å². The average Bonchev–Trinajstić information content (AvgIpc) is 3.00. The molecule has 0 aromatic carbocycles. The Morgan fingerprint density at radius 2 is 2.53 bits per heavy atom. The minimum absolute atomic E-state index is 0.0242. The zero-order chi connectivity index (χ0) is 10.8. The van der Waals surface area contributed by atoms with Crippen LogP contribution in [0.4, 0.5) is 5.82 Å². The first-order valence-corrected chi connectivity index (χ1v) is 5.46. The minimum atomic E-state index is -0.0266. The van der Waals surface area contributed by atoms with E-state index >= 15 is 0 Å². The van der Waals surface area contributed by atoms with Crippen LogP contribution in [0.15, 0.2) is 22.8 Å². The fraction of sp³-hybridized carbons (Fsp3) is 0.400. The molecule has 2 unspecified atom stereocenters. The van der Waals surface area contributed by atoms with Crippen molar-refractivity contribution in [3.63, 3.8) is 0 Å². The Bertz CT molecular complexity index is 383. The molecule has 1 aliphatic carbocycles. The van der Waals surface area contributed by atoms with E-state index in [0.29, 0.717) is 5.82 Å². The number of amides is 1. The Morgan fingerprint density at radius 1 is 1.73 bits per heavy atom. The lowest BCUT2D eigenvalue weighted by atomic mass is 10.3. The van der Waals surface area contributed by atoms with Gasteiger partial charge in [-0.1, -0.05) is 0 Å². The summed E-state index contributed by atoms with van der Waals surface area (Å²) in [5.74, 6) is 0.509. The smallest absolute Gasteiger partial charge is 0.231 e. The molecule has 0 radical (unpaired) electrons. The molecule has 1 aromatic heterocycles. The maximum Gasteiger partial charge on any atom is 0.231 e. The number of aromatic nitrogens is 1. The Labute approximate surface area is 96.2 Å². The van der Waals surface area contributed by atoms with Crippen molar-refractivity contribution in [3.8, 4) is 0 Å². The van der Waals surface area contributed by atoms with E-state index in [1.54, 1.807) is 19.4 Å². The highest BCUT2D eigenvalue weighted by Crippen LogP contribution is 2.34. The van der Waals surface area contributed by atoms with Crippen LogP contribution in [0.3, 0.4) is 0 Å². The first kappa shape index (κ1) is 10.6. The van der Waals surface area contributed by atoms with Crippen molar-refractivity contribution in [2.24, 2.45) is 5.92 Å². The first-order chi connectivity index (χ1) is 7.22. The van der Waals surface area contributed by atoms with Crippen molar-refractivity contribution in [3.05, 3.63) is 22.8 Å². The molecule has 4 nitrogen and oxygen atoms in total. The van der Waals surface area contributed by atoms with Gasteiger partial charge in [0.05, 0.1) is 16.5 Å². The van der Waals surface area contributed by atoms with Crippen LogP contribution < -0.4 is 5.32 Å². The molecule has 2 rings (SSSR count). The number of hydrogen-bond acceptors (Lipinski definition) is 3. The van der Waals surface area contributed by atoms with Crippen molar-refractivity contribution in [1.82, 2.24) is 4.98 Å². The topological polar surface area (TPSA) is 51.2 Å². The Balaban J connectivity index is 1.98. The molecule has 1 heterocycles. The number of nitrogens with one attached hydrogen (secondary N) is 1. The number of pyridine rings is 1. The summed E-state index contributed by atoms with van der Waals surface area (Å²) in [5, 5.41) is 2.76. The van der Waals surface area contributed by atoms with Crippen LogP contribution >= 0.6 is 15.9 Å². The molecule has 1 aliphatic rings. The zero-order valence-corrected chi connectivity index (χ0v) is 9.82. The molecule has 5 heteroatoms. The summed E-state index contributed by atoms with van der Waals surface area (Å²) in [4.78, 5) is 15.7. The Morgan fingerprint density at radius 3 is 3.13 bits per heavy atom. The van der Waals surface area contributed by atoms with Gasteiger partial charge in [-0.05, 0) is 34.5 Å². The molecular weight excluding hydrogens is 260 g/mol. The number of halogens is 1. The summed E-state index contributed by atoms with van der Waals surface area (Å²) in [5.41, 5.74) is 0. The van der Waals surface area contributed by atoms with Gasteiger partial charge in [0.1, 0.15) is 5.82 Å². The van der Waals surface area contributed by atoms with E-state index in [-0.39, 0.29) is 17.9 Å². The van der Waals surface area contributed by atoms with E-state index in [2.05, 4.69) is 26.2 Å². The van der Waals surface area contributed by atoms with Crippen LogP contribution in [0.5, 0.6) is 0 Å². The molecule has 15 heavy (non-hydrogen) atoms. The van der Waals surface area contributed by atoms with Crippen LogP contribution in [-0.4, -0.2) is 24.1 Å². The number of hydrogen-bond donors (Lipinski definition) is 1. The number of carbonyl (C=O) groups excluding carboxylic acids is 1. The molecule has 2 atom stereocenters. The van der Waals surface area contributed by atoms with Crippen LogP contribution in [0.25, 0.3) is 0 Å². The molecule has 1 amide bonds. The lowest BCUT2D eigenvalue weighted by Crippen LogP contribution is -2.17. The van der Waals surface area contributed by atoms with Gasteiger partial charge in [0.2, 0.25) is 5.91 Å². The highest BCUT2D eigenvalue weighted by Gasteiger charge is 2.43. The van der Waals surface area contributed by atoms with E-state index in [1.807, 2.05) is 6.07 Å². The van der Waals surface area contributed by atoms with Crippen molar-refractivity contribution < 1.29 is 9.53 Å². The molecule has 1 N–H and O–H groups in total. The fourth-order valence-corrected chi connectivity index (χ4v) is 1.75. The second kappa shape index (κ2) is 4.28. The fourth-order valence-electron chi connectivity index (χ4n) is 1.40. The van der Waals surface area contributed by atoms with Gasteiger partial charge in [-0.25, -0.2) is 4.98 Å². The van der Waals surface area contributed by atoms with Crippen molar-refractivity contribution >= 4 is 27.7 Å². The lowest BCUT2D eigenvalue weighted by molar-refractivity contribution is -0.118. The number of anilines is 1. The minimum Gasteiger partial charge on any atom is -0.381 e. The van der Waals surface area contributed by atoms with Crippen LogP contribution in [0, 0.1) is 5.92 Å². The molecule has 0 spiro atoms. The average molecular weight is 271 g/mol. The number of carbonyl (C=O) groups is 1. The van der Waals surface area contributed by atoms with Crippen molar-refractivity contribution in [1.29, 1.82) is 0 Å². The predicted octanol–water partition coefficient (Wildman–Crippen LogP) is 1.82. The first-order valence-electron chi connectivity index (χ1n) is 4.66. The monoisotopic (exact) mass is 270 g/mol. The second-order valence-electron chi connectivity index (χ2n) is 3.44. The van der Waals surface area contributed by atoms with Crippen LogP contribution in [0.2, 0.25) is 0 Å². The van der Waals surface area contributed by atoms with E-state index in [0.717, 1.165) is 10.9 Å². The largest absolute Gasteiger partial charge is 0.381 e. The Kier molecular flexibility index (Phi) is 3.02. The number of methoxy groups -OCH3 is 1. The third kappa shape index (κ3) is 2.35. The van der Waals surface area contributed by atoms with Gasteiger partial charge < -0.3 is 10.1 Å². The van der Waals surface area contributed by atoms with Gasteiger partial charge in [-0.3, -0.25) is 4.79 Å². The number of ether oxygens (including phenoxy) is 1. The molecule has 1 aromatic rings. The van der Waals surface area contributed by atoms with Gasteiger partial charge in [0.15, 0.2) is 0 Å². The SMILES string of the molecule is COC1CC1C(=O)Nc1ncccc1Br. The van der Waals surface area contributed by atoms with E-state index in [9.17, 15) is 4.79 Å². The second-order valence-corrected chi connectivity index (χ2v) is 4.29. The maximum absolute atomic E-state index is 11.6. The third-order valence-electron chi connectivity index (χ3n) is 2.37. The molecule has 80 valence electrons. The van der Waals surface area contributed by atoms with Crippen molar-refractivity contribution in [2.75, 3.05) is 12.4 Å². The van der Waals surface area contributed by atoms with Crippen LogP contribution in [0.1, 0.15) is 6.42 Å². The number of rotatable bonds is 3. The summed E-state index contributed by atoms with van der Waals surface area (Å²) in [6.45, 7) is 0. The number of nitrogens with zero attached hydrogens (tertiary/aromatic N) is 1.